The molecule has 1 aliphatic heterocycles. The largest absolute Gasteiger partial charge is 0.465 e. The van der Waals surface area contributed by atoms with Gasteiger partial charge in [-0.05, 0) is 81.7 Å². The first kappa shape index (κ1) is 34.7. The monoisotopic (exact) mass is 682 g/mol. The van der Waals surface area contributed by atoms with Crippen LogP contribution >= 0.6 is 0 Å². The first-order valence-corrected chi connectivity index (χ1v) is 17.2. The first-order valence-electron chi connectivity index (χ1n) is 17.2. The lowest BCUT2D eigenvalue weighted by Crippen LogP contribution is -2.64. The molecular weight excluding hydrogens is 636 g/mol. The van der Waals surface area contributed by atoms with Gasteiger partial charge in [0.1, 0.15) is 40.9 Å². The predicted molar refractivity (Wildman–Crippen MR) is 190 cm³/mol. The number of hydrogen-bond acceptors (Lipinski definition) is 7. The van der Waals surface area contributed by atoms with E-state index in [2.05, 4.69) is 21.1 Å². The zero-order valence-electron chi connectivity index (χ0n) is 29.6. The number of anilines is 1. The molecule has 2 aliphatic rings. The Balaban J connectivity index is 1.28. The van der Waals surface area contributed by atoms with Crippen LogP contribution in [0.4, 0.5) is 15.4 Å². The van der Waals surface area contributed by atoms with Crippen molar-refractivity contribution in [2.45, 2.75) is 91.0 Å². The number of aromatic nitrogens is 3. The summed E-state index contributed by atoms with van der Waals surface area (Å²) in [6.07, 6.45) is 4.99. The summed E-state index contributed by atoms with van der Waals surface area (Å²) in [5.74, 6) is 1.67. The molecule has 50 heavy (non-hydrogen) atoms. The number of hydrogen-bond donors (Lipinski definition) is 2. The number of piperazine rings is 1. The minimum Gasteiger partial charge on any atom is -0.465 e. The lowest BCUT2D eigenvalue weighted by molar-refractivity contribution is -0.149. The minimum absolute atomic E-state index is 0.0250. The lowest BCUT2D eigenvalue weighted by Gasteiger charge is -2.48. The van der Waals surface area contributed by atoms with E-state index >= 15 is 0 Å². The molecule has 0 radical (unpaired) electrons. The van der Waals surface area contributed by atoms with Crippen molar-refractivity contribution in [1.29, 1.82) is 0 Å². The third kappa shape index (κ3) is 7.39. The van der Waals surface area contributed by atoms with Gasteiger partial charge in [-0.2, -0.15) is 0 Å². The van der Waals surface area contributed by atoms with Crippen molar-refractivity contribution in [3.63, 3.8) is 0 Å². The maximum atomic E-state index is 13.8. The van der Waals surface area contributed by atoms with E-state index in [1.165, 1.54) is 11.2 Å². The van der Waals surface area contributed by atoms with Gasteiger partial charge in [-0.1, -0.05) is 51.1 Å². The normalized spacial score (nSPS) is 20.1. The average molecular weight is 683 g/mol. The Labute approximate surface area is 292 Å². The maximum absolute atomic E-state index is 13.8. The molecular formula is C38H46N6O6. The molecule has 3 amide bonds. The third-order valence-electron chi connectivity index (χ3n) is 9.35. The van der Waals surface area contributed by atoms with Crippen molar-refractivity contribution >= 4 is 34.9 Å². The van der Waals surface area contributed by atoms with Crippen molar-refractivity contribution in [3.8, 4) is 22.6 Å². The molecule has 1 aliphatic carbocycles. The van der Waals surface area contributed by atoms with Crippen LogP contribution in [-0.4, -0.2) is 78.3 Å². The van der Waals surface area contributed by atoms with Crippen molar-refractivity contribution < 1.29 is 29.0 Å². The van der Waals surface area contributed by atoms with Gasteiger partial charge < -0.3 is 24.0 Å². The first-order chi connectivity index (χ1) is 23.7. The van der Waals surface area contributed by atoms with E-state index < -0.39 is 29.2 Å². The summed E-state index contributed by atoms with van der Waals surface area (Å²) in [5, 5.41) is 13.4. The van der Waals surface area contributed by atoms with Crippen molar-refractivity contribution in [3.05, 3.63) is 67.1 Å². The number of fused-ring (bicyclic) bond motifs is 1. The number of carbonyl (C=O) groups is 3. The van der Waals surface area contributed by atoms with Gasteiger partial charge in [-0.25, -0.2) is 19.6 Å². The van der Waals surface area contributed by atoms with E-state index in [1.807, 2.05) is 101 Å². The zero-order chi connectivity index (χ0) is 35.8. The highest BCUT2D eigenvalue weighted by molar-refractivity contribution is 6.05. The predicted octanol–water partition coefficient (Wildman–Crippen LogP) is 7.96. The number of para-hydroxylation sites is 1. The van der Waals surface area contributed by atoms with Crippen LogP contribution in [0.3, 0.4) is 0 Å². The van der Waals surface area contributed by atoms with Crippen LogP contribution in [0.25, 0.3) is 22.2 Å². The van der Waals surface area contributed by atoms with Crippen molar-refractivity contribution in [1.82, 2.24) is 24.3 Å². The highest BCUT2D eigenvalue weighted by Gasteiger charge is 2.46. The topological polar surface area (TPSA) is 139 Å². The fourth-order valence-electron chi connectivity index (χ4n) is 7.20. The third-order valence-corrected chi connectivity index (χ3v) is 9.35. The van der Waals surface area contributed by atoms with Gasteiger partial charge in [0.25, 0.3) is 0 Å². The fraction of sp³-hybridized carbons (Fsp3) is 0.447. The number of carbonyl (C=O) groups excluding carboxylic acids is 2. The Morgan fingerprint density at radius 2 is 1.50 bits per heavy atom. The van der Waals surface area contributed by atoms with E-state index in [4.69, 9.17) is 14.5 Å². The highest BCUT2D eigenvalue weighted by Crippen LogP contribution is 2.41. The van der Waals surface area contributed by atoms with Gasteiger partial charge in [0.2, 0.25) is 5.91 Å². The number of amides is 3. The molecule has 1 atom stereocenters. The van der Waals surface area contributed by atoms with E-state index in [0.717, 1.165) is 42.6 Å². The van der Waals surface area contributed by atoms with Crippen LogP contribution in [0.1, 0.15) is 73.3 Å². The average Bonchev–Trinajstić information content (AvgIpc) is 3.45. The summed E-state index contributed by atoms with van der Waals surface area (Å²) in [6.45, 7) is 11.9. The van der Waals surface area contributed by atoms with Crippen molar-refractivity contribution in [2.75, 3.05) is 18.4 Å². The second-order valence-corrected chi connectivity index (χ2v) is 15.2. The molecule has 2 aromatic heterocycles. The Hall–Kier alpha value is -5.13. The summed E-state index contributed by atoms with van der Waals surface area (Å²) in [4.78, 5) is 51.1. The number of rotatable bonds is 6. The number of nitrogens with one attached hydrogen (secondary N) is 1. The smallest absolute Gasteiger partial charge is 0.413 e. The number of nitrogens with zero attached hydrogens (tertiary/aromatic N) is 5. The van der Waals surface area contributed by atoms with E-state index in [1.54, 1.807) is 0 Å². The van der Waals surface area contributed by atoms with Crippen LogP contribution in [0.15, 0.2) is 67.1 Å². The van der Waals surface area contributed by atoms with Crippen molar-refractivity contribution in [2.24, 2.45) is 5.41 Å². The van der Waals surface area contributed by atoms with Gasteiger partial charge in [0.05, 0.1) is 5.39 Å². The molecule has 0 bridgehead atoms. The lowest BCUT2D eigenvalue weighted by atomic mass is 9.82. The molecule has 2 fully saturated rings. The Kier molecular flexibility index (Phi) is 9.48. The van der Waals surface area contributed by atoms with Gasteiger partial charge >= 0.3 is 12.2 Å². The molecule has 0 spiro atoms. The van der Waals surface area contributed by atoms with Crippen LogP contribution < -0.4 is 10.1 Å². The zero-order valence-corrected chi connectivity index (χ0v) is 29.6. The summed E-state index contributed by atoms with van der Waals surface area (Å²) in [5.41, 5.74) is 1.23. The molecule has 2 aromatic carbocycles. The molecule has 12 heteroatoms. The van der Waals surface area contributed by atoms with Gasteiger partial charge in [0.15, 0.2) is 0 Å². The molecule has 6 rings (SSSR count). The second kappa shape index (κ2) is 13.6. The SMILES string of the molecule is CC(C)(C)OC(=O)Nc1ncnc2c1c(-c1ccc(Oc3ccccc3)cc1)cn2C1CCC(N2CCN(C(=O)O)C(C(C)(C)C)C2=O)CC1. The standard InChI is InChI=1S/C38H46N6O6/c1-37(2,3)31-34(45)42(20-21-43(31)36(47)48)25-14-16-26(17-15-25)44-22-29(24-12-18-28(19-13-24)49-27-10-8-7-9-11-27)30-32(39-23-40-33(30)44)41-35(46)50-38(4,5)6/h7-13,18-19,22-23,25-26,31H,14-17,20-21H2,1-6H3,(H,47,48)(H,39,40,41,46). The maximum Gasteiger partial charge on any atom is 0.413 e. The van der Waals surface area contributed by atoms with Crippen LogP contribution in [0.5, 0.6) is 11.5 Å². The van der Waals surface area contributed by atoms with E-state index in [9.17, 15) is 19.5 Å². The second-order valence-electron chi connectivity index (χ2n) is 15.2. The highest BCUT2D eigenvalue weighted by atomic mass is 16.6. The molecule has 2 N–H and O–H groups in total. The van der Waals surface area contributed by atoms with Gasteiger partial charge in [0, 0.05) is 36.9 Å². The molecule has 1 unspecified atom stereocenters. The van der Waals surface area contributed by atoms with Crippen LogP contribution in [0, 0.1) is 5.41 Å². The van der Waals surface area contributed by atoms with E-state index in [0.29, 0.717) is 35.7 Å². The molecule has 4 aromatic rings. The molecule has 1 saturated carbocycles. The molecule has 3 heterocycles. The minimum atomic E-state index is -1.06. The molecule has 264 valence electrons. The Bertz CT molecular complexity index is 1850. The molecule has 12 nitrogen and oxygen atoms in total. The summed E-state index contributed by atoms with van der Waals surface area (Å²) in [6, 6.07) is 16.7. The summed E-state index contributed by atoms with van der Waals surface area (Å²) >= 11 is 0. The Morgan fingerprint density at radius 1 is 0.860 bits per heavy atom. The van der Waals surface area contributed by atoms with Crippen LogP contribution in [-0.2, 0) is 9.53 Å². The van der Waals surface area contributed by atoms with Crippen LogP contribution in [0.2, 0.25) is 0 Å². The number of carboxylic acid groups (broad SMARTS) is 1. The number of ether oxygens (including phenoxy) is 2. The molecule has 1 saturated heterocycles. The number of benzene rings is 2. The summed E-state index contributed by atoms with van der Waals surface area (Å²) in [7, 11) is 0. The fourth-order valence-corrected chi connectivity index (χ4v) is 7.20. The quantitative estimate of drug-likeness (QED) is 0.209. The Morgan fingerprint density at radius 3 is 2.12 bits per heavy atom. The van der Waals surface area contributed by atoms with Gasteiger partial charge in [-0.3, -0.25) is 15.0 Å². The summed E-state index contributed by atoms with van der Waals surface area (Å²) < 4.78 is 13.7. The van der Waals surface area contributed by atoms with Gasteiger partial charge in [-0.15, -0.1) is 0 Å². The van der Waals surface area contributed by atoms with E-state index in [-0.39, 0.29) is 18.0 Å².